The van der Waals surface area contributed by atoms with E-state index in [1.54, 1.807) is 24.3 Å². The van der Waals surface area contributed by atoms with Crippen molar-refractivity contribution in [2.75, 3.05) is 12.4 Å². The highest BCUT2D eigenvalue weighted by Crippen LogP contribution is 2.08. The molecule has 1 aromatic carbocycles. The van der Waals surface area contributed by atoms with Gasteiger partial charge in [-0.1, -0.05) is 0 Å². The van der Waals surface area contributed by atoms with E-state index in [-0.39, 0.29) is 5.96 Å². The Morgan fingerprint density at radius 2 is 2.06 bits per heavy atom. The third-order valence-corrected chi connectivity index (χ3v) is 1.75. The Labute approximate surface area is 92.8 Å². The largest absolute Gasteiger partial charge is 0.370 e. The molecule has 0 saturated carbocycles. The molecule has 0 atom stereocenters. The van der Waals surface area contributed by atoms with Crippen LogP contribution in [0.1, 0.15) is 5.56 Å². The third kappa shape index (κ3) is 3.31. The first kappa shape index (κ1) is 11.5. The van der Waals surface area contributed by atoms with E-state index in [0.717, 1.165) is 0 Å². The zero-order chi connectivity index (χ0) is 12.0. The van der Waals surface area contributed by atoms with Crippen molar-refractivity contribution in [3.63, 3.8) is 0 Å². The van der Waals surface area contributed by atoms with Crippen LogP contribution in [0.3, 0.4) is 0 Å². The Balaban J connectivity index is 2.60. The summed E-state index contributed by atoms with van der Waals surface area (Å²) >= 11 is 0. The average Bonchev–Trinajstić information content (AvgIpc) is 2.29. The standard InChI is InChI=1S/C10H11N5O/c1-13-9(12)15-10(16)14-8-4-2-7(6-11)3-5-8/h2-5H,1H3,(H4,12,13,14,15,16). The number of carbonyl (C=O) groups excluding carboxylic acids is 1. The number of guanidine groups is 1. The first-order valence-corrected chi connectivity index (χ1v) is 4.46. The van der Waals surface area contributed by atoms with Crippen LogP contribution in [0.2, 0.25) is 0 Å². The van der Waals surface area contributed by atoms with Gasteiger partial charge in [-0.25, -0.2) is 4.79 Å². The van der Waals surface area contributed by atoms with Gasteiger partial charge in [-0.3, -0.25) is 10.3 Å². The molecule has 1 rings (SSSR count). The summed E-state index contributed by atoms with van der Waals surface area (Å²) in [4.78, 5) is 14.9. The fourth-order valence-electron chi connectivity index (χ4n) is 0.963. The maximum atomic E-state index is 11.3. The number of anilines is 1. The summed E-state index contributed by atoms with van der Waals surface area (Å²) in [5.41, 5.74) is 6.41. The molecule has 0 aliphatic carbocycles. The highest BCUT2D eigenvalue weighted by molar-refractivity contribution is 6.01. The number of benzene rings is 1. The molecular formula is C10H11N5O. The summed E-state index contributed by atoms with van der Waals surface area (Å²) in [5.74, 6) is 0.0335. The fourth-order valence-corrected chi connectivity index (χ4v) is 0.963. The predicted molar refractivity (Wildman–Crippen MR) is 60.9 cm³/mol. The van der Waals surface area contributed by atoms with E-state index in [1.165, 1.54) is 7.05 Å². The van der Waals surface area contributed by atoms with Gasteiger partial charge >= 0.3 is 6.03 Å². The predicted octanol–water partition coefficient (Wildman–Crippen LogP) is 0.624. The van der Waals surface area contributed by atoms with Gasteiger partial charge in [-0.2, -0.15) is 5.26 Å². The number of hydrogen-bond acceptors (Lipinski definition) is 3. The van der Waals surface area contributed by atoms with Crippen LogP contribution in [-0.2, 0) is 0 Å². The van der Waals surface area contributed by atoms with Gasteiger partial charge in [0.2, 0.25) is 0 Å². The van der Waals surface area contributed by atoms with Crippen molar-refractivity contribution < 1.29 is 4.79 Å². The number of carbonyl (C=O) groups is 1. The lowest BCUT2D eigenvalue weighted by molar-refractivity contribution is 0.256. The summed E-state index contributed by atoms with van der Waals surface area (Å²) in [6, 6.07) is 7.96. The zero-order valence-electron chi connectivity index (χ0n) is 8.69. The van der Waals surface area contributed by atoms with Crippen LogP contribution in [0.5, 0.6) is 0 Å². The minimum atomic E-state index is -0.479. The van der Waals surface area contributed by atoms with E-state index < -0.39 is 6.03 Å². The average molecular weight is 217 g/mol. The van der Waals surface area contributed by atoms with Crippen molar-refractivity contribution in [1.82, 2.24) is 5.32 Å². The maximum absolute atomic E-state index is 11.3. The molecule has 6 nitrogen and oxygen atoms in total. The van der Waals surface area contributed by atoms with E-state index in [9.17, 15) is 4.79 Å². The first-order valence-electron chi connectivity index (χ1n) is 4.46. The van der Waals surface area contributed by atoms with Crippen LogP contribution in [0, 0.1) is 11.3 Å². The van der Waals surface area contributed by atoms with Gasteiger partial charge in [-0.05, 0) is 24.3 Å². The van der Waals surface area contributed by atoms with Crippen molar-refractivity contribution in [1.29, 1.82) is 5.26 Å². The minimum absolute atomic E-state index is 0.0335. The molecule has 0 unspecified atom stereocenters. The van der Waals surface area contributed by atoms with Gasteiger partial charge in [-0.15, -0.1) is 0 Å². The van der Waals surface area contributed by atoms with Gasteiger partial charge in [0.1, 0.15) is 0 Å². The molecule has 0 fully saturated rings. The fraction of sp³-hybridized carbons (Fsp3) is 0.100. The lowest BCUT2D eigenvalue weighted by Crippen LogP contribution is -2.39. The van der Waals surface area contributed by atoms with Gasteiger partial charge in [0.25, 0.3) is 0 Å². The minimum Gasteiger partial charge on any atom is -0.370 e. The number of nitrogens with zero attached hydrogens (tertiary/aromatic N) is 2. The molecular weight excluding hydrogens is 206 g/mol. The highest BCUT2D eigenvalue weighted by atomic mass is 16.2. The van der Waals surface area contributed by atoms with Crippen molar-refractivity contribution in [2.24, 2.45) is 10.7 Å². The zero-order valence-corrected chi connectivity index (χ0v) is 8.69. The van der Waals surface area contributed by atoms with E-state index in [0.29, 0.717) is 11.3 Å². The molecule has 0 aliphatic heterocycles. The number of nitriles is 1. The highest BCUT2D eigenvalue weighted by Gasteiger charge is 2.02. The van der Waals surface area contributed by atoms with Crippen molar-refractivity contribution in [3.05, 3.63) is 29.8 Å². The van der Waals surface area contributed by atoms with Crippen molar-refractivity contribution >= 4 is 17.7 Å². The van der Waals surface area contributed by atoms with Crippen LogP contribution in [-0.4, -0.2) is 19.0 Å². The number of nitrogens with two attached hydrogens (primary N) is 1. The summed E-state index contributed by atoms with van der Waals surface area (Å²) in [6.07, 6.45) is 0. The summed E-state index contributed by atoms with van der Waals surface area (Å²) in [5, 5.41) is 13.4. The number of nitrogens with one attached hydrogen (secondary N) is 2. The number of hydrogen-bond donors (Lipinski definition) is 3. The smallest absolute Gasteiger partial charge is 0.325 e. The van der Waals surface area contributed by atoms with Gasteiger partial charge in [0.15, 0.2) is 5.96 Å². The Bertz CT molecular complexity index is 443. The first-order chi connectivity index (χ1) is 7.65. The molecule has 0 spiro atoms. The molecule has 0 bridgehead atoms. The summed E-state index contributed by atoms with van der Waals surface area (Å²) in [6.45, 7) is 0. The Morgan fingerprint density at radius 1 is 1.44 bits per heavy atom. The molecule has 4 N–H and O–H groups in total. The summed E-state index contributed by atoms with van der Waals surface area (Å²) in [7, 11) is 1.47. The number of aliphatic imine (C=N–C) groups is 1. The van der Waals surface area contributed by atoms with Gasteiger partial charge < -0.3 is 11.1 Å². The van der Waals surface area contributed by atoms with Crippen LogP contribution in [0.4, 0.5) is 10.5 Å². The Hall–Kier alpha value is -2.55. The Kier molecular flexibility index (Phi) is 3.86. The molecule has 0 saturated heterocycles. The second-order valence-corrected chi connectivity index (χ2v) is 2.88. The van der Waals surface area contributed by atoms with E-state index in [1.807, 2.05) is 6.07 Å². The van der Waals surface area contributed by atoms with Gasteiger partial charge in [0.05, 0.1) is 11.6 Å². The van der Waals surface area contributed by atoms with Crippen LogP contribution in [0.15, 0.2) is 29.3 Å². The molecule has 1 aromatic rings. The topological polar surface area (TPSA) is 103 Å². The number of urea groups is 1. The monoisotopic (exact) mass is 217 g/mol. The molecule has 0 radical (unpaired) electrons. The Morgan fingerprint density at radius 3 is 2.56 bits per heavy atom. The molecule has 2 amide bonds. The molecule has 0 aromatic heterocycles. The lowest BCUT2D eigenvalue weighted by Gasteiger charge is -2.06. The van der Waals surface area contributed by atoms with Gasteiger partial charge in [0, 0.05) is 12.7 Å². The van der Waals surface area contributed by atoms with Crippen molar-refractivity contribution in [2.45, 2.75) is 0 Å². The van der Waals surface area contributed by atoms with E-state index in [2.05, 4.69) is 15.6 Å². The van der Waals surface area contributed by atoms with E-state index in [4.69, 9.17) is 11.0 Å². The van der Waals surface area contributed by atoms with Crippen molar-refractivity contribution in [3.8, 4) is 6.07 Å². The SMILES string of the molecule is CN=C(N)NC(=O)Nc1ccc(C#N)cc1. The van der Waals surface area contributed by atoms with E-state index >= 15 is 0 Å². The molecule has 6 heteroatoms. The van der Waals surface area contributed by atoms with Crippen LogP contribution in [0.25, 0.3) is 0 Å². The second kappa shape index (κ2) is 5.36. The molecule has 0 heterocycles. The maximum Gasteiger partial charge on any atom is 0.325 e. The number of rotatable bonds is 1. The van der Waals surface area contributed by atoms with Crippen LogP contribution < -0.4 is 16.4 Å². The molecule has 0 aliphatic rings. The third-order valence-electron chi connectivity index (χ3n) is 1.75. The normalized spacial score (nSPS) is 10.4. The summed E-state index contributed by atoms with van der Waals surface area (Å²) < 4.78 is 0. The molecule has 16 heavy (non-hydrogen) atoms. The molecule has 82 valence electrons. The number of amides is 2. The van der Waals surface area contributed by atoms with Crippen LogP contribution >= 0.6 is 0 Å². The quantitative estimate of drug-likeness (QED) is 0.474. The lowest BCUT2D eigenvalue weighted by atomic mass is 10.2. The second-order valence-electron chi connectivity index (χ2n) is 2.88.